The van der Waals surface area contributed by atoms with Gasteiger partial charge in [-0.15, -0.1) is 10.2 Å². The lowest BCUT2D eigenvalue weighted by Crippen LogP contribution is -2.37. The van der Waals surface area contributed by atoms with Gasteiger partial charge in [0.1, 0.15) is 5.82 Å². The van der Waals surface area contributed by atoms with Gasteiger partial charge in [-0.05, 0) is 51.3 Å². The van der Waals surface area contributed by atoms with Gasteiger partial charge in [0.25, 0.3) is 0 Å². The fourth-order valence-electron chi connectivity index (χ4n) is 3.53. The average molecular weight is 416 g/mol. The SMILES string of the molecule is CCn1c(CC(=O)Nc2cccc(C)c2)nnc1S[C@H](C)C(=O)NC1CCCC1. The number of rotatable bonds is 8. The highest BCUT2D eigenvalue weighted by molar-refractivity contribution is 8.00. The maximum atomic E-state index is 12.5. The Morgan fingerprint density at radius 3 is 2.72 bits per heavy atom. The van der Waals surface area contributed by atoms with Crippen LogP contribution in [0.5, 0.6) is 0 Å². The lowest BCUT2D eigenvalue weighted by molar-refractivity contribution is -0.121. The van der Waals surface area contributed by atoms with Gasteiger partial charge in [0.2, 0.25) is 11.8 Å². The van der Waals surface area contributed by atoms with E-state index >= 15 is 0 Å². The maximum absolute atomic E-state index is 12.5. The molecule has 1 saturated carbocycles. The number of thioether (sulfide) groups is 1. The second kappa shape index (κ2) is 9.91. The third-order valence-electron chi connectivity index (χ3n) is 5.08. The van der Waals surface area contributed by atoms with Gasteiger partial charge in [0, 0.05) is 18.3 Å². The van der Waals surface area contributed by atoms with Gasteiger partial charge >= 0.3 is 0 Å². The highest BCUT2D eigenvalue weighted by Crippen LogP contribution is 2.24. The Kier molecular flexibility index (Phi) is 7.30. The number of aromatic nitrogens is 3. The predicted octanol–water partition coefficient (Wildman–Crippen LogP) is 3.33. The van der Waals surface area contributed by atoms with Crippen molar-refractivity contribution in [1.29, 1.82) is 0 Å². The molecule has 1 heterocycles. The number of nitrogens with one attached hydrogen (secondary N) is 2. The number of hydrogen-bond acceptors (Lipinski definition) is 5. The topological polar surface area (TPSA) is 88.9 Å². The summed E-state index contributed by atoms with van der Waals surface area (Å²) in [5, 5.41) is 14.9. The summed E-state index contributed by atoms with van der Waals surface area (Å²) in [7, 11) is 0. The minimum Gasteiger partial charge on any atom is -0.352 e. The van der Waals surface area contributed by atoms with Gasteiger partial charge in [-0.2, -0.15) is 0 Å². The van der Waals surface area contributed by atoms with E-state index in [1.165, 1.54) is 24.6 Å². The van der Waals surface area contributed by atoms with Gasteiger partial charge in [-0.1, -0.05) is 36.7 Å². The predicted molar refractivity (Wildman–Crippen MR) is 115 cm³/mol. The first-order chi connectivity index (χ1) is 14.0. The first-order valence-corrected chi connectivity index (χ1v) is 11.1. The summed E-state index contributed by atoms with van der Waals surface area (Å²) in [5.41, 5.74) is 1.85. The molecule has 0 spiro atoms. The second-order valence-corrected chi connectivity index (χ2v) is 8.80. The van der Waals surface area contributed by atoms with Crippen molar-refractivity contribution in [2.75, 3.05) is 5.32 Å². The first-order valence-electron chi connectivity index (χ1n) is 10.2. The molecule has 0 radical (unpaired) electrons. The van der Waals surface area contributed by atoms with E-state index < -0.39 is 0 Å². The molecular weight excluding hydrogens is 386 g/mol. The van der Waals surface area contributed by atoms with E-state index in [-0.39, 0.29) is 23.5 Å². The van der Waals surface area contributed by atoms with Crippen LogP contribution in [0.3, 0.4) is 0 Å². The largest absolute Gasteiger partial charge is 0.352 e. The Bertz CT molecular complexity index is 861. The van der Waals surface area contributed by atoms with Crippen molar-refractivity contribution in [2.45, 2.75) is 75.9 Å². The number of aryl methyl sites for hydroxylation is 1. The Balaban J connectivity index is 1.60. The summed E-state index contributed by atoms with van der Waals surface area (Å²) < 4.78 is 1.90. The summed E-state index contributed by atoms with van der Waals surface area (Å²) in [6.07, 6.45) is 4.64. The van der Waals surface area contributed by atoms with E-state index in [1.807, 2.05) is 49.6 Å². The van der Waals surface area contributed by atoms with Crippen LogP contribution in [-0.4, -0.2) is 37.9 Å². The average Bonchev–Trinajstić information content (AvgIpc) is 3.31. The number of nitrogens with zero attached hydrogens (tertiary/aromatic N) is 3. The minimum absolute atomic E-state index is 0.0336. The zero-order valence-electron chi connectivity index (χ0n) is 17.3. The van der Waals surface area contributed by atoms with Crippen LogP contribution in [0.25, 0.3) is 0 Å². The van der Waals surface area contributed by atoms with Crippen molar-refractivity contribution in [2.24, 2.45) is 0 Å². The summed E-state index contributed by atoms with van der Waals surface area (Å²) in [6, 6.07) is 7.98. The Hall–Kier alpha value is -2.35. The normalized spacial score (nSPS) is 15.3. The highest BCUT2D eigenvalue weighted by atomic mass is 32.2. The van der Waals surface area contributed by atoms with E-state index in [4.69, 9.17) is 0 Å². The molecule has 1 atom stereocenters. The first kappa shape index (κ1) is 21.4. The maximum Gasteiger partial charge on any atom is 0.233 e. The second-order valence-electron chi connectivity index (χ2n) is 7.49. The molecule has 3 rings (SSSR count). The summed E-state index contributed by atoms with van der Waals surface area (Å²) in [6.45, 7) is 6.49. The smallest absolute Gasteiger partial charge is 0.233 e. The molecule has 2 aromatic rings. The zero-order chi connectivity index (χ0) is 20.8. The summed E-state index contributed by atoms with van der Waals surface area (Å²) in [5.74, 6) is 0.496. The number of carbonyl (C=O) groups excluding carboxylic acids is 2. The molecule has 0 aliphatic heterocycles. The number of benzene rings is 1. The third kappa shape index (κ3) is 5.82. The van der Waals surface area contributed by atoms with Crippen LogP contribution in [0.4, 0.5) is 5.69 Å². The van der Waals surface area contributed by atoms with Gasteiger partial charge in [0.05, 0.1) is 11.7 Å². The Morgan fingerprint density at radius 1 is 1.28 bits per heavy atom. The number of amides is 2. The molecule has 1 aromatic heterocycles. The van der Waals surface area contributed by atoms with Gasteiger partial charge in [-0.25, -0.2) is 0 Å². The van der Waals surface area contributed by atoms with Gasteiger partial charge in [-0.3, -0.25) is 9.59 Å². The molecule has 1 aliphatic carbocycles. The molecule has 2 amide bonds. The molecule has 2 N–H and O–H groups in total. The van der Waals surface area contributed by atoms with Crippen molar-refractivity contribution in [3.05, 3.63) is 35.7 Å². The van der Waals surface area contributed by atoms with E-state index in [0.717, 1.165) is 24.1 Å². The van der Waals surface area contributed by atoms with Crippen LogP contribution in [0, 0.1) is 6.92 Å². The van der Waals surface area contributed by atoms with Crippen LogP contribution < -0.4 is 10.6 Å². The van der Waals surface area contributed by atoms with Crippen molar-refractivity contribution >= 4 is 29.3 Å². The van der Waals surface area contributed by atoms with Gasteiger partial charge in [0.15, 0.2) is 5.16 Å². The quantitative estimate of drug-likeness (QED) is 0.646. The molecule has 0 saturated heterocycles. The Labute approximate surface area is 176 Å². The molecule has 29 heavy (non-hydrogen) atoms. The zero-order valence-corrected chi connectivity index (χ0v) is 18.1. The fourth-order valence-corrected chi connectivity index (χ4v) is 4.47. The van der Waals surface area contributed by atoms with Crippen LogP contribution in [0.2, 0.25) is 0 Å². The molecule has 1 aromatic carbocycles. The van der Waals surface area contributed by atoms with Crippen LogP contribution >= 0.6 is 11.8 Å². The number of anilines is 1. The van der Waals surface area contributed by atoms with E-state index in [0.29, 0.717) is 23.6 Å². The summed E-state index contributed by atoms with van der Waals surface area (Å²) >= 11 is 1.39. The van der Waals surface area contributed by atoms with Crippen molar-refractivity contribution in [3.8, 4) is 0 Å². The molecule has 0 bridgehead atoms. The molecule has 8 heteroatoms. The number of hydrogen-bond donors (Lipinski definition) is 2. The summed E-state index contributed by atoms with van der Waals surface area (Å²) in [4.78, 5) is 24.9. The standard InChI is InChI=1S/C21H29N5O2S/c1-4-26-18(13-19(27)22-17-11-7-8-14(2)12-17)24-25-21(26)29-15(3)20(28)23-16-9-5-6-10-16/h7-8,11-12,15-16H,4-6,9-10,13H2,1-3H3,(H,22,27)(H,23,28)/t15-/m1/s1. The lowest BCUT2D eigenvalue weighted by atomic mass is 10.2. The third-order valence-corrected chi connectivity index (χ3v) is 6.16. The monoisotopic (exact) mass is 415 g/mol. The molecule has 1 fully saturated rings. The minimum atomic E-state index is -0.265. The Morgan fingerprint density at radius 2 is 2.03 bits per heavy atom. The van der Waals surface area contributed by atoms with Crippen LogP contribution in [0.1, 0.15) is 50.9 Å². The van der Waals surface area contributed by atoms with Crippen molar-refractivity contribution < 1.29 is 9.59 Å². The molecular formula is C21H29N5O2S. The fraction of sp³-hybridized carbons (Fsp3) is 0.524. The highest BCUT2D eigenvalue weighted by Gasteiger charge is 2.24. The molecule has 0 unspecified atom stereocenters. The number of carbonyl (C=O) groups is 2. The molecule has 1 aliphatic rings. The lowest BCUT2D eigenvalue weighted by Gasteiger charge is -2.16. The van der Waals surface area contributed by atoms with E-state index in [9.17, 15) is 9.59 Å². The molecule has 7 nitrogen and oxygen atoms in total. The van der Waals surface area contributed by atoms with Crippen molar-refractivity contribution in [1.82, 2.24) is 20.1 Å². The van der Waals surface area contributed by atoms with Crippen molar-refractivity contribution in [3.63, 3.8) is 0 Å². The van der Waals surface area contributed by atoms with E-state index in [2.05, 4.69) is 20.8 Å². The van der Waals surface area contributed by atoms with Gasteiger partial charge < -0.3 is 15.2 Å². The molecule has 156 valence electrons. The van der Waals surface area contributed by atoms with Crippen LogP contribution in [0.15, 0.2) is 29.4 Å². The van der Waals surface area contributed by atoms with Crippen LogP contribution in [-0.2, 0) is 22.6 Å². The van der Waals surface area contributed by atoms with E-state index in [1.54, 1.807) is 0 Å².